The van der Waals surface area contributed by atoms with Gasteiger partial charge in [0.1, 0.15) is 0 Å². The van der Waals surface area contributed by atoms with Gasteiger partial charge in [0.25, 0.3) is 0 Å². The number of carbonyl (C=O) groups excluding carboxylic acids is 1. The molecule has 0 spiro atoms. The monoisotopic (exact) mass is 291 g/mol. The second kappa shape index (κ2) is 8.12. The summed E-state index contributed by atoms with van der Waals surface area (Å²) >= 11 is 0. The molecule has 0 radical (unpaired) electrons. The van der Waals surface area contributed by atoms with E-state index in [1.807, 2.05) is 42.2 Å². The Morgan fingerprint density at radius 1 is 1.14 bits per heavy atom. The number of hydrogen-bond acceptors (Lipinski definition) is 4. The van der Waals surface area contributed by atoms with Crippen LogP contribution in [0.3, 0.4) is 0 Å². The molecule has 0 bridgehead atoms. The molecule has 1 fully saturated rings. The summed E-state index contributed by atoms with van der Waals surface area (Å²) in [5.74, 6) is 0.152. The molecule has 1 aliphatic heterocycles. The van der Waals surface area contributed by atoms with E-state index in [2.05, 4.69) is 9.80 Å². The maximum Gasteiger partial charge on any atom is 0.241 e. The lowest BCUT2D eigenvalue weighted by atomic mass is 10.2. The molecule has 1 amide bonds. The first-order chi connectivity index (χ1) is 10.2. The number of aliphatic hydroxyl groups is 1. The molecule has 116 valence electrons. The fraction of sp³-hybridized carbons (Fsp3) is 0.562. The van der Waals surface area contributed by atoms with Gasteiger partial charge in [-0.3, -0.25) is 14.6 Å². The second-order valence-corrected chi connectivity index (χ2v) is 5.31. The van der Waals surface area contributed by atoms with Gasteiger partial charge >= 0.3 is 0 Å². The zero-order valence-corrected chi connectivity index (χ0v) is 12.7. The van der Waals surface area contributed by atoms with Gasteiger partial charge in [-0.25, -0.2) is 0 Å². The van der Waals surface area contributed by atoms with Gasteiger partial charge in [0, 0.05) is 45.0 Å². The third-order valence-corrected chi connectivity index (χ3v) is 3.93. The first-order valence-electron chi connectivity index (χ1n) is 7.65. The lowest BCUT2D eigenvalue weighted by molar-refractivity contribution is -0.120. The summed E-state index contributed by atoms with van der Waals surface area (Å²) in [5, 5.41) is 8.94. The van der Waals surface area contributed by atoms with Crippen molar-refractivity contribution in [3.63, 3.8) is 0 Å². The molecule has 1 aliphatic rings. The van der Waals surface area contributed by atoms with Crippen molar-refractivity contribution in [3.8, 4) is 0 Å². The van der Waals surface area contributed by atoms with Crippen LogP contribution in [0.5, 0.6) is 0 Å². The van der Waals surface area contributed by atoms with E-state index in [1.54, 1.807) is 0 Å². The zero-order chi connectivity index (χ0) is 15.1. The Hall–Kier alpha value is -1.43. The van der Waals surface area contributed by atoms with Crippen LogP contribution in [0.4, 0.5) is 5.69 Å². The molecule has 1 N–H and O–H groups in total. The van der Waals surface area contributed by atoms with Gasteiger partial charge in [0.15, 0.2) is 0 Å². The number of aliphatic hydroxyl groups excluding tert-OH is 1. The number of nitrogens with zero attached hydrogens (tertiary/aromatic N) is 3. The Balaban J connectivity index is 1.86. The van der Waals surface area contributed by atoms with Gasteiger partial charge < -0.3 is 10.0 Å². The summed E-state index contributed by atoms with van der Waals surface area (Å²) in [4.78, 5) is 18.7. The highest BCUT2D eigenvalue weighted by atomic mass is 16.3. The number of anilines is 1. The predicted molar refractivity (Wildman–Crippen MR) is 84.4 cm³/mol. The maximum absolute atomic E-state index is 12.5. The molecule has 0 aliphatic carbocycles. The van der Waals surface area contributed by atoms with Crippen molar-refractivity contribution in [1.29, 1.82) is 0 Å². The van der Waals surface area contributed by atoms with Crippen molar-refractivity contribution in [2.45, 2.75) is 6.92 Å². The third-order valence-electron chi connectivity index (χ3n) is 3.93. The molecule has 1 aromatic rings. The quantitative estimate of drug-likeness (QED) is 0.836. The third kappa shape index (κ3) is 4.52. The van der Waals surface area contributed by atoms with E-state index in [0.29, 0.717) is 13.1 Å². The van der Waals surface area contributed by atoms with Crippen molar-refractivity contribution < 1.29 is 9.90 Å². The molecule has 0 atom stereocenters. The number of likely N-dealkylation sites (N-methyl/N-ethyl adjacent to an activating group) is 1. The van der Waals surface area contributed by atoms with Gasteiger partial charge in [-0.1, -0.05) is 18.2 Å². The molecular weight excluding hydrogens is 266 g/mol. The zero-order valence-electron chi connectivity index (χ0n) is 12.7. The minimum absolute atomic E-state index is 0.152. The molecule has 1 heterocycles. The average Bonchev–Trinajstić information content (AvgIpc) is 2.51. The van der Waals surface area contributed by atoms with Crippen molar-refractivity contribution in [2.24, 2.45) is 0 Å². The predicted octanol–water partition coefficient (Wildman–Crippen LogP) is 0.649. The number of hydrogen-bond donors (Lipinski definition) is 1. The summed E-state index contributed by atoms with van der Waals surface area (Å²) in [6, 6.07) is 9.82. The van der Waals surface area contributed by atoms with Gasteiger partial charge in [-0.15, -0.1) is 0 Å². The summed E-state index contributed by atoms with van der Waals surface area (Å²) < 4.78 is 0. The van der Waals surface area contributed by atoms with Crippen molar-refractivity contribution in [2.75, 3.05) is 57.3 Å². The highest BCUT2D eigenvalue weighted by molar-refractivity contribution is 5.94. The number of para-hydroxylation sites is 1. The van der Waals surface area contributed by atoms with E-state index >= 15 is 0 Å². The summed E-state index contributed by atoms with van der Waals surface area (Å²) in [6.07, 6.45) is 0. The molecular formula is C16H25N3O2. The topological polar surface area (TPSA) is 47.0 Å². The van der Waals surface area contributed by atoms with Crippen LogP contribution in [0.2, 0.25) is 0 Å². The number of piperazine rings is 1. The second-order valence-electron chi connectivity index (χ2n) is 5.31. The fourth-order valence-electron chi connectivity index (χ4n) is 2.70. The van der Waals surface area contributed by atoms with Crippen molar-refractivity contribution in [1.82, 2.24) is 9.80 Å². The van der Waals surface area contributed by atoms with Gasteiger partial charge in [0.05, 0.1) is 13.2 Å². The Morgan fingerprint density at radius 2 is 1.76 bits per heavy atom. The van der Waals surface area contributed by atoms with E-state index < -0.39 is 0 Å². The smallest absolute Gasteiger partial charge is 0.241 e. The molecule has 1 saturated heterocycles. The van der Waals surface area contributed by atoms with E-state index in [0.717, 1.165) is 38.4 Å². The van der Waals surface area contributed by atoms with Crippen molar-refractivity contribution in [3.05, 3.63) is 30.3 Å². The Bertz CT molecular complexity index is 430. The van der Waals surface area contributed by atoms with Crippen LogP contribution in [-0.4, -0.2) is 73.2 Å². The fourth-order valence-corrected chi connectivity index (χ4v) is 2.70. The van der Waals surface area contributed by atoms with Crippen LogP contribution in [0, 0.1) is 0 Å². The largest absolute Gasteiger partial charge is 0.395 e. The van der Waals surface area contributed by atoms with E-state index in [1.165, 1.54) is 0 Å². The molecule has 5 nitrogen and oxygen atoms in total. The van der Waals surface area contributed by atoms with Gasteiger partial charge in [-0.2, -0.15) is 0 Å². The Morgan fingerprint density at radius 3 is 2.33 bits per heavy atom. The lowest BCUT2D eigenvalue weighted by Gasteiger charge is -2.35. The van der Waals surface area contributed by atoms with Crippen molar-refractivity contribution >= 4 is 11.6 Å². The lowest BCUT2D eigenvalue weighted by Crippen LogP contribution is -2.50. The minimum atomic E-state index is 0.152. The minimum Gasteiger partial charge on any atom is -0.395 e. The van der Waals surface area contributed by atoms with Gasteiger partial charge in [-0.05, 0) is 19.1 Å². The number of amides is 1. The Labute approximate surface area is 126 Å². The molecule has 0 saturated carbocycles. The molecule has 1 aromatic carbocycles. The molecule has 2 rings (SSSR count). The number of carbonyl (C=O) groups is 1. The summed E-state index contributed by atoms with van der Waals surface area (Å²) in [6.45, 7) is 7.71. The van der Waals surface area contributed by atoms with Crippen LogP contribution < -0.4 is 4.90 Å². The molecule has 21 heavy (non-hydrogen) atoms. The van der Waals surface area contributed by atoms with Crippen LogP contribution >= 0.6 is 0 Å². The molecule has 0 unspecified atom stereocenters. The Kier molecular flexibility index (Phi) is 6.17. The summed E-state index contributed by atoms with van der Waals surface area (Å²) in [5.41, 5.74) is 0.962. The van der Waals surface area contributed by atoms with Gasteiger partial charge in [0.2, 0.25) is 5.91 Å². The first kappa shape index (κ1) is 15.9. The number of rotatable bonds is 6. The van der Waals surface area contributed by atoms with Crippen LogP contribution in [0.1, 0.15) is 6.92 Å². The van der Waals surface area contributed by atoms with Crippen LogP contribution in [0.25, 0.3) is 0 Å². The highest BCUT2D eigenvalue weighted by Crippen LogP contribution is 2.13. The highest BCUT2D eigenvalue weighted by Gasteiger charge is 2.21. The van der Waals surface area contributed by atoms with E-state index in [9.17, 15) is 4.79 Å². The first-order valence-corrected chi connectivity index (χ1v) is 7.65. The molecule has 5 heteroatoms. The van der Waals surface area contributed by atoms with Crippen LogP contribution in [0.15, 0.2) is 30.3 Å². The summed E-state index contributed by atoms with van der Waals surface area (Å²) in [7, 11) is 0. The normalized spacial score (nSPS) is 16.9. The average molecular weight is 291 g/mol. The SMILES string of the molecule is CCN(C(=O)CN1CCN(CCO)CC1)c1ccccc1. The van der Waals surface area contributed by atoms with E-state index in [4.69, 9.17) is 5.11 Å². The maximum atomic E-state index is 12.5. The van der Waals surface area contributed by atoms with Crippen LogP contribution in [-0.2, 0) is 4.79 Å². The standard InChI is InChI=1S/C16H25N3O2/c1-2-19(15-6-4-3-5-7-15)16(21)14-18-10-8-17(9-11-18)12-13-20/h3-7,20H,2,8-14H2,1H3. The van der Waals surface area contributed by atoms with E-state index in [-0.39, 0.29) is 12.5 Å². The number of β-amino-alcohol motifs (C(OH)–C–C–N with tert-alkyl or cyclic N) is 1. The molecule has 0 aromatic heterocycles. The number of benzene rings is 1.